The molecule has 0 unspecified atom stereocenters. The Bertz CT molecular complexity index is 813. The summed E-state index contributed by atoms with van der Waals surface area (Å²) < 4.78 is 10.4. The molecular weight excluding hydrogens is 342 g/mol. The Balaban J connectivity index is 1.48. The highest BCUT2D eigenvalue weighted by atomic mass is 16.5. The van der Waals surface area contributed by atoms with Crippen LogP contribution >= 0.6 is 0 Å². The molecule has 3 rings (SSSR count). The maximum Gasteiger partial charge on any atom is 0.407 e. The topological polar surface area (TPSA) is 64.6 Å². The van der Waals surface area contributed by atoms with Gasteiger partial charge in [-0.2, -0.15) is 0 Å². The predicted molar refractivity (Wildman–Crippen MR) is 103 cm³/mol. The van der Waals surface area contributed by atoms with Crippen LogP contribution in [0.1, 0.15) is 30.4 Å². The summed E-state index contributed by atoms with van der Waals surface area (Å²) in [5.41, 5.74) is 5.11. The molecule has 140 valence electrons. The smallest absolute Gasteiger partial charge is 0.407 e. The first-order valence-corrected chi connectivity index (χ1v) is 8.99. The Hall–Kier alpha value is -3.08. The molecule has 0 spiro atoms. The van der Waals surface area contributed by atoms with Gasteiger partial charge >= 0.3 is 12.1 Å². The van der Waals surface area contributed by atoms with Gasteiger partial charge < -0.3 is 14.8 Å². The van der Waals surface area contributed by atoms with E-state index in [0.29, 0.717) is 18.5 Å². The fourth-order valence-corrected chi connectivity index (χ4v) is 3.20. The van der Waals surface area contributed by atoms with Crippen molar-refractivity contribution in [3.8, 4) is 11.1 Å². The van der Waals surface area contributed by atoms with Crippen LogP contribution in [0.3, 0.4) is 0 Å². The second kappa shape index (κ2) is 8.54. The van der Waals surface area contributed by atoms with Gasteiger partial charge in [-0.25, -0.2) is 9.59 Å². The Labute approximate surface area is 159 Å². The number of fused-ring (bicyclic) bond motifs is 3. The van der Waals surface area contributed by atoms with E-state index in [0.717, 1.165) is 0 Å². The van der Waals surface area contributed by atoms with Gasteiger partial charge in [-0.05, 0) is 35.6 Å². The highest BCUT2D eigenvalue weighted by Crippen LogP contribution is 2.44. The van der Waals surface area contributed by atoms with Crippen LogP contribution in [0.2, 0.25) is 0 Å². The molecule has 0 atom stereocenters. The number of carbonyl (C=O) groups excluding carboxylic acids is 2. The number of carbonyl (C=O) groups is 2. The van der Waals surface area contributed by atoms with Crippen molar-refractivity contribution in [1.29, 1.82) is 0 Å². The number of nitrogens with one attached hydrogen (secondary N) is 1. The first-order chi connectivity index (χ1) is 13.1. The summed E-state index contributed by atoms with van der Waals surface area (Å²) in [5, 5.41) is 2.68. The van der Waals surface area contributed by atoms with Crippen molar-refractivity contribution in [2.24, 2.45) is 0 Å². The molecular formula is C22H23NO4. The van der Waals surface area contributed by atoms with Gasteiger partial charge in [0.2, 0.25) is 0 Å². The molecule has 1 aliphatic carbocycles. The van der Waals surface area contributed by atoms with Gasteiger partial charge in [0.05, 0.1) is 6.61 Å². The number of esters is 1. The second-order valence-corrected chi connectivity index (χ2v) is 6.52. The third kappa shape index (κ3) is 4.37. The first-order valence-electron chi connectivity index (χ1n) is 8.99. The van der Waals surface area contributed by atoms with Crippen molar-refractivity contribution in [2.45, 2.75) is 19.3 Å². The van der Waals surface area contributed by atoms with Gasteiger partial charge in [-0.1, -0.05) is 55.1 Å². The zero-order valence-electron chi connectivity index (χ0n) is 15.4. The molecule has 0 aromatic heterocycles. The van der Waals surface area contributed by atoms with E-state index in [2.05, 4.69) is 36.2 Å². The molecule has 1 amide bonds. The van der Waals surface area contributed by atoms with E-state index in [9.17, 15) is 9.59 Å². The Morgan fingerprint density at radius 3 is 2.19 bits per heavy atom. The van der Waals surface area contributed by atoms with Crippen molar-refractivity contribution in [2.75, 3.05) is 19.8 Å². The lowest BCUT2D eigenvalue weighted by Gasteiger charge is -2.14. The molecule has 0 aliphatic heterocycles. The summed E-state index contributed by atoms with van der Waals surface area (Å²) >= 11 is 0. The summed E-state index contributed by atoms with van der Waals surface area (Å²) in [4.78, 5) is 23.2. The van der Waals surface area contributed by atoms with Gasteiger partial charge in [0.1, 0.15) is 6.61 Å². The van der Waals surface area contributed by atoms with Crippen LogP contribution in [0.15, 0.2) is 60.7 Å². The fourth-order valence-electron chi connectivity index (χ4n) is 3.20. The van der Waals surface area contributed by atoms with Crippen molar-refractivity contribution in [3.05, 3.63) is 71.8 Å². The number of hydrogen-bond donors (Lipinski definition) is 1. The molecule has 0 saturated heterocycles. The van der Waals surface area contributed by atoms with E-state index >= 15 is 0 Å². The largest absolute Gasteiger partial charge is 0.462 e. The SMILES string of the molecule is C=C(C)C(=O)OCCCNC(=O)OCC1c2ccccc2-c2ccccc21. The average molecular weight is 365 g/mol. The minimum absolute atomic E-state index is 0.0414. The number of amides is 1. The molecule has 2 aromatic carbocycles. The zero-order valence-corrected chi connectivity index (χ0v) is 15.4. The van der Waals surface area contributed by atoms with E-state index in [-0.39, 0.29) is 19.1 Å². The molecule has 5 nitrogen and oxygen atoms in total. The van der Waals surface area contributed by atoms with Gasteiger partial charge in [0.25, 0.3) is 0 Å². The summed E-state index contributed by atoms with van der Waals surface area (Å²) in [5.74, 6) is -0.379. The zero-order chi connectivity index (χ0) is 19.2. The minimum atomic E-state index is -0.469. The van der Waals surface area contributed by atoms with Gasteiger partial charge in [0.15, 0.2) is 0 Å². The molecule has 0 bridgehead atoms. The lowest BCUT2D eigenvalue weighted by molar-refractivity contribution is -0.138. The lowest BCUT2D eigenvalue weighted by atomic mass is 9.98. The van der Waals surface area contributed by atoms with E-state index in [4.69, 9.17) is 9.47 Å². The van der Waals surface area contributed by atoms with Gasteiger partial charge in [-0.15, -0.1) is 0 Å². The van der Waals surface area contributed by atoms with Crippen molar-refractivity contribution < 1.29 is 19.1 Å². The molecule has 5 heteroatoms. The van der Waals surface area contributed by atoms with Crippen LogP contribution in [-0.4, -0.2) is 31.8 Å². The lowest BCUT2D eigenvalue weighted by Crippen LogP contribution is -2.27. The monoisotopic (exact) mass is 365 g/mol. The average Bonchev–Trinajstić information content (AvgIpc) is 3.00. The number of benzene rings is 2. The maximum atomic E-state index is 12.0. The molecule has 27 heavy (non-hydrogen) atoms. The first kappa shape index (κ1) is 18.7. The van der Waals surface area contributed by atoms with Crippen LogP contribution in [0, 0.1) is 0 Å². The molecule has 2 aromatic rings. The van der Waals surface area contributed by atoms with E-state index in [1.165, 1.54) is 22.3 Å². The quantitative estimate of drug-likeness (QED) is 0.457. The predicted octanol–water partition coefficient (Wildman–Crippen LogP) is 4.03. The van der Waals surface area contributed by atoms with Crippen molar-refractivity contribution in [1.82, 2.24) is 5.32 Å². The van der Waals surface area contributed by atoms with Crippen LogP contribution in [0.5, 0.6) is 0 Å². The second-order valence-electron chi connectivity index (χ2n) is 6.52. The Morgan fingerprint density at radius 1 is 1.00 bits per heavy atom. The van der Waals surface area contributed by atoms with E-state index in [1.54, 1.807) is 6.92 Å². The fraction of sp³-hybridized carbons (Fsp3) is 0.273. The normalized spacial score (nSPS) is 12.0. The molecule has 0 fully saturated rings. The van der Waals surface area contributed by atoms with E-state index in [1.807, 2.05) is 24.3 Å². The molecule has 0 heterocycles. The van der Waals surface area contributed by atoms with E-state index < -0.39 is 12.1 Å². The third-order valence-electron chi connectivity index (χ3n) is 4.52. The highest BCUT2D eigenvalue weighted by molar-refractivity contribution is 5.86. The summed E-state index contributed by atoms with van der Waals surface area (Å²) in [6, 6.07) is 16.4. The van der Waals surface area contributed by atoms with Gasteiger partial charge in [0, 0.05) is 18.0 Å². The maximum absolute atomic E-state index is 12.0. The van der Waals surface area contributed by atoms with Crippen LogP contribution in [0.25, 0.3) is 11.1 Å². The number of alkyl carbamates (subject to hydrolysis) is 1. The van der Waals surface area contributed by atoms with Crippen LogP contribution < -0.4 is 5.32 Å². The van der Waals surface area contributed by atoms with Gasteiger partial charge in [-0.3, -0.25) is 0 Å². The van der Waals surface area contributed by atoms with Crippen molar-refractivity contribution >= 4 is 12.1 Å². The highest BCUT2D eigenvalue weighted by Gasteiger charge is 2.28. The van der Waals surface area contributed by atoms with Crippen LogP contribution in [-0.2, 0) is 14.3 Å². The summed E-state index contributed by atoms with van der Waals surface area (Å²) in [7, 11) is 0. The number of ether oxygens (including phenoxy) is 2. The van der Waals surface area contributed by atoms with Crippen LogP contribution in [0.4, 0.5) is 4.79 Å². The molecule has 1 aliphatic rings. The number of rotatable bonds is 7. The molecule has 1 N–H and O–H groups in total. The molecule has 0 saturated carbocycles. The standard InChI is InChI=1S/C22H23NO4/c1-15(2)21(24)26-13-7-12-23-22(25)27-14-20-18-10-5-3-8-16(18)17-9-4-6-11-19(17)20/h3-6,8-11,20H,1,7,12-14H2,2H3,(H,23,25). The van der Waals surface area contributed by atoms with Crippen molar-refractivity contribution in [3.63, 3.8) is 0 Å². The molecule has 0 radical (unpaired) electrons. The number of hydrogen-bond acceptors (Lipinski definition) is 4. The Kier molecular flexibility index (Phi) is 5.91. The summed E-state index contributed by atoms with van der Waals surface area (Å²) in [6.07, 6.45) is 0.0477. The summed E-state index contributed by atoms with van der Waals surface area (Å²) in [6.45, 7) is 6.00. The third-order valence-corrected chi connectivity index (χ3v) is 4.52. The minimum Gasteiger partial charge on any atom is -0.462 e. The Morgan fingerprint density at radius 2 is 1.59 bits per heavy atom.